The number of rotatable bonds is 2. The summed E-state index contributed by atoms with van der Waals surface area (Å²) in [4.78, 5) is 28.3. The van der Waals surface area contributed by atoms with E-state index in [1.54, 1.807) is 21.6 Å². The Morgan fingerprint density at radius 1 is 1.14 bits per heavy atom. The molecule has 0 saturated carbocycles. The van der Waals surface area contributed by atoms with Crippen molar-refractivity contribution < 1.29 is 9.90 Å². The second kappa shape index (κ2) is 6.58. The monoisotopic (exact) mass is 390 g/mol. The van der Waals surface area contributed by atoms with E-state index in [2.05, 4.69) is 0 Å². The van der Waals surface area contributed by atoms with Gasteiger partial charge in [-0.25, -0.2) is 0 Å². The van der Waals surface area contributed by atoms with Gasteiger partial charge in [0.15, 0.2) is 0 Å². The maximum absolute atomic E-state index is 13.4. The lowest BCUT2D eigenvalue weighted by Crippen LogP contribution is -2.31. The summed E-state index contributed by atoms with van der Waals surface area (Å²) in [5, 5.41) is 12.9. The average Bonchev–Trinajstić information content (AvgIpc) is 3.37. The highest BCUT2D eigenvalue weighted by Crippen LogP contribution is 2.30. The number of carbonyl (C=O) groups excluding carboxylic acids is 1. The van der Waals surface area contributed by atoms with Crippen LogP contribution in [0.2, 0.25) is 0 Å². The highest BCUT2D eigenvalue weighted by atomic mass is 32.1. The van der Waals surface area contributed by atoms with E-state index < -0.39 is 6.10 Å². The van der Waals surface area contributed by atoms with Crippen LogP contribution in [0, 0.1) is 0 Å². The Balaban J connectivity index is 1.83. The fraction of sp³-hybridized carbons (Fsp3) is 0.182. The number of pyridine rings is 2. The zero-order chi connectivity index (χ0) is 19.3. The summed E-state index contributed by atoms with van der Waals surface area (Å²) in [6.45, 7) is 0.845. The van der Waals surface area contributed by atoms with Crippen molar-refractivity contribution in [3.05, 3.63) is 76.0 Å². The van der Waals surface area contributed by atoms with Gasteiger partial charge in [-0.05, 0) is 40.9 Å². The second-order valence-electron chi connectivity index (χ2n) is 7.08. The van der Waals surface area contributed by atoms with Gasteiger partial charge in [-0.3, -0.25) is 14.0 Å². The van der Waals surface area contributed by atoms with Gasteiger partial charge >= 0.3 is 0 Å². The Labute approximate surface area is 165 Å². The molecule has 0 spiro atoms. The van der Waals surface area contributed by atoms with Crippen LogP contribution in [-0.2, 0) is 0 Å². The number of hydrogen-bond donors (Lipinski definition) is 1. The van der Waals surface area contributed by atoms with Crippen LogP contribution in [0.3, 0.4) is 0 Å². The molecule has 1 aliphatic rings. The molecule has 1 amide bonds. The van der Waals surface area contributed by atoms with E-state index in [4.69, 9.17) is 0 Å². The number of β-amino-alcohol motifs (C(OH)–C–C–N with tert-alkyl or cyclic N) is 1. The van der Waals surface area contributed by atoms with Gasteiger partial charge in [0.1, 0.15) is 0 Å². The zero-order valence-corrected chi connectivity index (χ0v) is 15.9. The van der Waals surface area contributed by atoms with E-state index in [-0.39, 0.29) is 11.5 Å². The SMILES string of the molecule is O=C(c1cc(-c2ccccc2)c(=O)n2ccc3ccsc3c12)N1CCC(O)C1. The van der Waals surface area contributed by atoms with E-state index in [9.17, 15) is 14.7 Å². The average molecular weight is 390 g/mol. The van der Waals surface area contributed by atoms with E-state index in [0.717, 1.165) is 15.6 Å². The third kappa shape index (κ3) is 2.65. The number of likely N-dealkylation sites (tertiary alicyclic amines) is 1. The van der Waals surface area contributed by atoms with Crippen molar-refractivity contribution in [2.75, 3.05) is 13.1 Å². The number of carbonyl (C=O) groups is 1. The summed E-state index contributed by atoms with van der Waals surface area (Å²) in [6.07, 6.45) is 1.84. The number of benzene rings is 1. The second-order valence-corrected chi connectivity index (χ2v) is 7.99. The highest BCUT2D eigenvalue weighted by Gasteiger charge is 2.28. The molecule has 1 fully saturated rings. The molecule has 3 aromatic heterocycles. The molecule has 5 nitrogen and oxygen atoms in total. The number of aromatic nitrogens is 1. The Morgan fingerprint density at radius 3 is 2.71 bits per heavy atom. The molecule has 28 heavy (non-hydrogen) atoms. The topological polar surface area (TPSA) is 62.0 Å². The summed E-state index contributed by atoms with van der Waals surface area (Å²) in [5.41, 5.74) is 2.28. The maximum atomic E-state index is 13.4. The fourth-order valence-corrected chi connectivity index (χ4v) is 4.83. The summed E-state index contributed by atoms with van der Waals surface area (Å²) in [7, 11) is 0. The highest BCUT2D eigenvalue weighted by molar-refractivity contribution is 7.18. The minimum atomic E-state index is -0.489. The Hall–Kier alpha value is -2.96. The van der Waals surface area contributed by atoms with Crippen LogP contribution in [-0.4, -0.2) is 39.5 Å². The molecule has 4 aromatic rings. The Bertz CT molecular complexity index is 1260. The molecule has 1 N–H and O–H groups in total. The maximum Gasteiger partial charge on any atom is 0.263 e. The lowest BCUT2D eigenvalue weighted by Gasteiger charge is -2.18. The van der Waals surface area contributed by atoms with Gasteiger partial charge in [0, 0.05) is 24.8 Å². The number of thiophene rings is 1. The standard InChI is InChI=1S/C22H18N2O3S/c25-16-7-9-23(13-16)21(26)18-12-17(14-4-2-1-3-5-14)22(27)24-10-6-15-8-11-28-20(15)19(18)24/h1-6,8,10-12,16,25H,7,9,13H2. The molecule has 0 aliphatic carbocycles. The van der Waals surface area contributed by atoms with Crippen LogP contribution in [0.5, 0.6) is 0 Å². The van der Waals surface area contributed by atoms with Crippen molar-refractivity contribution in [2.24, 2.45) is 0 Å². The van der Waals surface area contributed by atoms with Crippen molar-refractivity contribution in [3.8, 4) is 11.1 Å². The summed E-state index contributed by atoms with van der Waals surface area (Å²) >= 11 is 1.52. The molecular formula is C22H18N2O3S. The lowest BCUT2D eigenvalue weighted by molar-refractivity contribution is 0.0766. The molecule has 1 aromatic carbocycles. The first-order chi connectivity index (χ1) is 13.6. The van der Waals surface area contributed by atoms with Gasteiger partial charge < -0.3 is 10.0 Å². The van der Waals surface area contributed by atoms with Gasteiger partial charge in [0.2, 0.25) is 0 Å². The van der Waals surface area contributed by atoms with Gasteiger partial charge in [0.25, 0.3) is 11.5 Å². The molecule has 140 valence electrons. The van der Waals surface area contributed by atoms with Crippen molar-refractivity contribution in [1.82, 2.24) is 9.30 Å². The van der Waals surface area contributed by atoms with Gasteiger partial charge in [-0.1, -0.05) is 30.3 Å². The quantitative estimate of drug-likeness (QED) is 0.571. The molecule has 1 unspecified atom stereocenters. The van der Waals surface area contributed by atoms with Crippen LogP contribution in [0.15, 0.2) is 64.9 Å². The minimum Gasteiger partial charge on any atom is -0.391 e. The van der Waals surface area contributed by atoms with Gasteiger partial charge in [0.05, 0.1) is 21.9 Å². The fourth-order valence-electron chi connectivity index (χ4n) is 3.89. The molecule has 0 radical (unpaired) electrons. The molecule has 1 aliphatic heterocycles. The lowest BCUT2D eigenvalue weighted by atomic mass is 10.0. The van der Waals surface area contributed by atoms with Gasteiger partial charge in [-0.15, -0.1) is 11.3 Å². The molecule has 4 heterocycles. The first kappa shape index (κ1) is 17.2. The predicted octanol–water partition coefficient (Wildman–Crippen LogP) is 3.39. The van der Waals surface area contributed by atoms with Crippen LogP contribution < -0.4 is 5.56 Å². The predicted molar refractivity (Wildman–Crippen MR) is 111 cm³/mol. The van der Waals surface area contributed by atoms with E-state index in [1.165, 1.54) is 11.3 Å². The molecule has 1 atom stereocenters. The molecule has 6 heteroatoms. The number of nitrogens with zero attached hydrogens (tertiary/aromatic N) is 2. The molecule has 5 rings (SSSR count). The number of hydrogen-bond acceptors (Lipinski definition) is 4. The van der Waals surface area contributed by atoms with E-state index in [1.807, 2.05) is 47.8 Å². The molecular weight excluding hydrogens is 372 g/mol. The van der Waals surface area contributed by atoms with E-state index in [0.29, 0.717) is 36.2 Å². The van der Waals surface area contributed by atoms with Crippen LogP contribution >= 0.6 is 11.3 Å². The van der Waals surface area contributed by atoms with E-state index >= 15 is 0 Å². The zero-order valence-electron chi connectivity index (χ0n) is 15.0. The van der Waals surface area contributed by atoms with Crippen molar-refractivity contribution in [1.29, 1.82) is 0 Å². The molecule has 0 bridgehead atoms. The van der Waals surface area contributed by atoms with Crippen LogP contribution in [0.25, 0.3) is 26.7 Å². The van der Waals surface area contributed by atoms with Crippen LogP contribution in [0.1, 0.15) is 16.8 Å². The first-order valence-corrected chi connectivity index (χ1v) is 10.1. The van der Waals surface area contributed by atoms with Crippen molar-refractivity contribution >= 4 is 32.8 Å². The van der Waals surface area contributed by atoms with Gasteiger partial charge in [-0.2, -0.15) is 0 Å². The summed E-state index contributed by atoms with van der Waals surface area (Å²) < 4.78 is 2.50. The smallest absolute Gasteiger partial charge is 0.263 e. The third-order valence-electron chi connectivity index (χ3n) is 5.31. The van der Waals surface area contributed by atoms with Crippen LogP contribution in [0.4, 0.5) is 0 Å². The Morgan fingerprint density at radius 2 is 1.96 bits per heavy atom. The summed E-state index contributed by atoms with van der Waals surface area (Å²) in [5.74, 6) is -0.146. The largest absolute Gasteiger partial charge is 0.391 e. The first-order valence-electron chi connectivity index (χ1n) is 9.22. The Kier molecular flexibility index (Phi) is 4.03. The number of aliphatic hydroxyl groups excluding tert-OH is 1. The third-order valence-corrected chi connectivity index (χ3v) is 6.25. The number of fused-ring (bicyclic) bond motifs is 3. The minimum absolute atomic E-state index is 0.144. The number of amides is 1. The van der Waals surface area contributed by atoms with Crippen molar-refractivity contribution in [3.63, 3.8) is 0 Å². The van der Waals surface area contributed by atoms with Crippen molar-refractivity contribution in [2.45, 2.75) is 12.5 Å². The molecule has 1 saturated heterocycles. The summed E-state index contributed by atoms with van der Waals surface area (Å²) in [6, 6.07) is 15.0. The normalized spacial score (nSPS) is 16.9. The number of aliphatic hydroxyl groups is 1.